The van der Waals surface area contributed by atoms with Crippen LogP contribution in [0.5, 0.6) is 11.5 Å². The third kappa shape index (κ3) is 4.32. The van der Waals surface area contributed by atoms with Crippen molar-refractivity contribution in [2.45, 2.75) is 45.4 Å². The first-order valence-corrected chi connectivity index (χ1v) is 11.4. The van der Waals surface area contributed by atoms with Crippen LogP contribution in [-0.4, -0.2) is 25.2 Å². The normalized spacial score (nSPS) is 22.4. The van der Waals surface area contributed by atoms with Crippen molar-refractivity contribution >= 4 is 17.4 Å². The first-order valence-electron chi connectivity index (χ1n) is 11.4. The number of rotatable bonds is 4. The van der Waals surface area contributed by atoms with Crippen molar-refractivity contribution in [1.29, 1.82) is 5.26 Å². The Hall–Kier alpha value is -3.80. The van der Waals surface area contributed by atoms with Crippen LogP contribution >= 0.6 is 0 Å². The average molecular weight is 499 g/mol. The van der Waals surface area contributed by atoms with Crippen LogP contribution in [-0.2, 0) is 16.6 Å². The number of benzene rings is 2. The minimum absolute atomic E-state index is 0.0529. The van der Waals surface area contributed by atoms with E-state index in [4.69, 9.17) is 4.74 Å². The Balaban J connectivity index is 1.72. The molecule has 2 aromatic carbocycles. The summed E-state index contributed by atoms with van der Waals surface area (Å²) >= 11 is 0. The first-order chi connectivity index (χ1) is 16.8. The third-order valence-electron chi connectivity index (χ3n) is 7.27. The smallest absolute Gasteiger partial charge is 0.496 e. The summed E-state index contributed by atoms with van der Waals surface area (Å²) in [5, 5.41) is 12.2. The minimum atomic E-state index is -4.85. The number of ether oxygens (including phenoxy) is 2. The topological polar surface area (TPSA) is 88.4 Å². The fourth-order valence-corrected chi connectivity index (χ4v) is 5.68. The van der Waals surface area contributed by atoms with Gasteiger partial charge in [-0.05, 0) is 54.2 Å². The van der Waals surface area contributed by atoms with E-state index in [0.29, 0.717) is 12.8 Å². The highest BCUT2D eigenvalue weighted by molar-refractivity contribution is 6.07. The van der Waals surface area contributed by atoms with E-state index in [0.717, 1.165) is 23.3 Å². The molecular formula is C27H25F3N2O4. The molecule has 1 amide bonds. The van der Waals surface area contributed by atoms with Gasteiger partial charge >= 0.3 is 6.36 Å². The van der Waals surface area contributed by atoms with E-state index in [1.165, 1.54) is 19.2 Å². The van der Waals surface area contributed by atoms with Crippen molar-refractivity contribution < 1.29 is 32.2 Å². The Morgan fingerprint density at radius 2 is 1.92 bits per heavy atom. The van der Waals surface area contributed by atoms with Gasteiger partial charge < -0.3 is 14.8 Å². The van der Waals surface area contributed by atoms with Gasteiger partial charge in [0.2, 0.25) is 0 Å². The number of methoxy groups -OCH3 is 1. The largest absolute Gasteiger partial charge is 0.573 e. The molecule has 2 aliphatic carbocycles. The van der Waals surface area contributed by atoms with Gasteiger partial charge in [0.25, 0.3) is 5.91 Å². The summed E-state index contributed by atoms with van der Waals surface area (Å²) in [6.07, 6.45) is -1.83. The molecule has 0 spiro atoms. The molecule has 0 bridgehead atoms. The molecule has 188 valence electrons. The maximum Gasteiger partial charge on any atom is 0.573 e. The van der Waals surface area contributed by atoms with E-state index in [9.17, 15) is 28.0 Å². The van der Waals surface area contributed by atoms with Crippen molar-refractivity contribution in [3.05, 3.63) is 64.7 Å². The number of carbonyl (C=O) groups excluding carboxylic acids is 2. The van der Waals surface area contributed by atoms with Crippen LogP contribution in [0.3, 0.4) is 0 Å². The predicted octanol–water partition coefficient (Wildman–Crippen LogP) is 5.73. The Kier molecular flexibility index (Phi) is 6.11. The second-order valence-corrected chi connectivity index (χ2v) is 9.83. The summed E-state index contributed by atoms with van der Waals surface area (Å²) in [6.45, 7) is 5.72. The summed E-state index contributed by atoms with van der Waals surface area (Å²) in [6, 6.07) is 10.5. The second-order valence-electron chi connectivity index (χ2n) is 9.83. The molecule has 2 atom stereocenters. The molecule has 1 unspecified atom stereocenters. The number of hydrogen-bond donors (Lipinski definition) is 1. The molecule has 0 radical (unpaired) electrons. The maximum atomic E-state index is 13.1. The average Bonchev–Trinajstić information content (AvgIpc) is 2.80. The maximum absolute atomic E-state index is 13.1. The molecule has 0 saturated carbocycles. The molecule has 9 heteroatoms. The van der Waals surface area contributed by atoms with Gasteiger partial charge in [-0.3, -0.25) is 9.59 Å². The van der Waals surface area contributed by atoms with Crippen LogP contribution in [0.1, 0.15) is 48.7 Å². The van der Waals surface area contributed by atoms with E-state index in [1.807, 2.05) is 26.8 Å². The Bertz CT molecular complexity index is 1320. The zero-order chi connectivity index (χ0) is 26.5. The van der Waals surface area contributed by atoms with Crippen molar-refractivity contribution in [3.63, 3.8) is 0 Å². The number of fused-ring (bicyclic) bond motifs is 3. The number of nitriles is 1. The third-order valence-corrected chi connectivity index (χ3v) is 7.27. The molecule has 0 aliphatic heterocycles. The number of nitrogens with zero attached hydrogens (tertiary/aromatic N) is 1. The number of Topliss-reactive ketones (excluding diaryl/α,β-unsaturated/α-hetero) is 1. The lowest BCUT2D eigenvalue weighted by Crippen LogP contribution is -2.51. The zero-order valence-electron chi connectivity index (χ0n) is 20.2. The number of amides is 1. The molecule has 6 nitrogen and oxygen atoms in total. The highest BCUT2D eigenvalue weighted by Gasteiger charge is 2.54. The zero-order valence-corrected chi connectivity index (χ0v) is 20.2. The molecule has 1 N–H and O–H groups in total. The standard InChI is InChI=1S/C27H25F3N2O4/c1-25(2)22-9-8-15-10-19(24(34)32-17-6-5-7-18(11-17)36-27(28,29)30)21(35-4)12-20(15)26(22,3)13-16(14-31)23(25)33/h5-7,10-13,22H,8-9H2,1-4H3,(H,32,34)/t22?,26-/m1/s1. The summed E-state index contributed by atoms with van der Waals surface area (Å²) in [5.74, 6) is -0.958. The fraction of sp³-hybridized carbons (Fsp3) is 0.370. The monoisotopic (exact) mass is 498 g/mol. The van der Waals surface area contributed by atoms with Crippen molar-refractivity contribution in [1.82, 2.24) is 0 Å². The number of hydrogen-bond acceptors (Lipinski definition) is 5. The molecule has 0 saturated heterocycles. The number of aryl methyl sites for hydroxylation is 1. The van der Waals surface area contributed by atoms with Gasteiger partial charge in [-0.1, -0.05) is 32.9 Å². The van der Waals surface area contributed by atoms with Crippen molar-refractivity contribution in [3.8, 4) is 17.6 Å². The number of nitrogens with one attached hydrogen (secondary N) is 1. The van der Waals surface area contributed by atoms with Gasteiger partial charge in [0.15, 0.2) is 5.78 Å². The van der Waals surface area contributed by atoms with E-state index in [1.54, 1.807) is 18.2 Å². The quantitative estimate of drug-likeness (QED) is 0.582. The van der Waals surface area contributed by atoms with E-state index in [-0.39, 0.29) is 34.3 Å². The number of alkyl halides is 3. The van der Waals surface area contributed by atoms with Crippen LogP contribution in [0.25, 0.3) is 0 Å². The summed E-state index contributed by atoms with van der Waals surface area (Å²) in [4.78, 5) is 26.0. The fourth-order valence-electron chi connectivity index (χ4n) is 5.68. The van der Waals surface area contributed by atoms with Crippen molar-refractivity contribution in [2.75, 3.05) is 12.4 Å². The first kappa shape index (κ1) is 25.3. The number of ketones is 1. The lowest BCUT2D eigenvalue weighted by Gasteiger charge is -2.51. The Morgan fingerprint density at radius 1 is 1.19 bits per heavy atom. The molecule has 2 aliphatic rings. The summed E-state index contributed by atoms with van der Waals surface area (Å²) < 4.78 is 47.1. The lowest BCUT2D eigenvalue weighted by atomic mass is 9.51. The summed E-state index contributed by atoms with van der Waals surface area (Å²) in [5.41, 5.74) is 0.862. The van der Waals surface area contributed by atoms with Gasteiger partial charge in [-0.15, -0.1) is 13.2 Å². The number of carbonyl (C=O) groups is 2. The molecule has 36 heavy (non-hydrogen) atoms. The molecule has 0 aromatic heterocycles. The van der Waals surface area contributed by atoms with Gasteiger partial charge in [0.1, 0.15) is 17.6 Å². The van der Waals surface area contributed by atoms with Gasteiger partial charge in [-0.2, -0.15) is 5.26 Å². The number of allylic oxidation sites excluding steroid dienone is 2. The van der Waals surface area contributed by atoms with Crippen molar-refractivity contribution in [2.24, 2.45) is 11.3 Å². The molecule has 0 fully saturated rings. The van der Waals surface area contributed by atoms with E-state index >= 15 is 0 Å². The van der Waals surface area contributed by atoms with Crippen LogP contribution in [0, 0.1) is 22.7 Å². The molecular weight excluding hydrogens is 473 g/mol. The molecule has 4 rings (SSSR count). The highest BCUT2D eigenvalue weighted by atomic mass is 19.4. The summed E-state index contributed by atoms with van der Waals surface area (Å²) in [7, 11) is 1.42. The van der Waals surface area contributed by atoms with Gasteiger partial charge in [-0.25, -0.2) is 0 Å². The second kappa shape index (κ2) is 8.70. The number of anilines is 1. The SMILES string of the molecule is COc1cc2c(cc1C(=O)Nc1cccc(OC(F)(F)F)c1)CCC1C(C)(C)C(=O)C(C#N)=C[C@]21C. The molecule has 0 heterocycles. The van der Waals surface area contributed by atoms with E-state index < -0.39 is 28.8 Å². The van der Waals surface area contributed by atoms with Crippen LogP contribution in [0.15, 0.2) is 48.0 Å². The van der Waals surface area contributed by atoms with Crippen LogP contribution in [0.2, 0.25) is 0 Å². The van der Waals surface area contributed by atoms with Gasteiger partial charge in [0, 0.05) is 22.6 Å². The Labute approximate surface area is 206 Å². The van der Waals surface area contributed by atoms with Crippen LogP contribution < -0.4 is 14.8 Å². The van der Waals surface area contributed by atoms with E-state index in [2.05, 4.69) is 10.1 Å². The minimum Gasteiger partial charge on any atom is -0.496 e. The molecule has 2 aromatic rings. The van der Waals surface area contributed by atoms with Crippen LogP contribution in [0.4, 0.5) is 18.9 Å². The van der Waals surface area contributed by atoms with Gasteiger partial charge in [0.05, 0.1) is 18.2 Å². The lowest BCUT2D eigenvalue weighted by molar-refractivity contribution is -0.274. The number of halogens is 3. The highest BCUT2D eigenvalue weighted by Crippen LogP contribution is 2.55. The Morgan fingerprint density at radius 3 is 2.56 bits per heavy atom. The predicted molar refractivity (Wildman–Crippen MR) is 126 cm³/mol.